The molecule has 2 aromatic heterocycles. The molecular weight excluding hydrogens is 351 g/mol. The van der Waals surface area contributed by atoms with Crippen molar-refractivity contribution < 1.29 is 13.2 Å². The van der Waals surface area contributed by atoms with Crippen LogP contribution in [0, 0.1) is 0 Å². The van der Waals surface area contributed by atoms with Crippen molar-refractivity contribution >= 4 is 18.6 Å². The molecule has 3 aromatic rings. The number of alkyl halides is 3. The van der Waals surface area contributed by atoms with Crippen molar-refractivity contribution in [1.82, 2.24) is 9.55 Å². The van der Waals surface area contributed by atoms with Crippen LogP contribution in [0.15, 0.2) is 65.9 Å². The van der Waals surface area contributed by atoms with Crippen LogP contribution < -0.4 is 0 Å². The van der Waals surface area contributed by atoms with Gasteiger partial charge in [-0.2, -0.15) is 13.2 Å². The smallest absolute Gasteiger partial charge is 0.318 e. The molecule has 7 heteroatoms. The summed E-state index contributed by atoms with van der Waals surface area (Å²) in [4.78, 5) is 8.13. The molecular formula is C18H13ClF3N3. The Morgan fingerprint density at radius 3 is 2.48 bits per heavy atom. The average Bonchev–Trinajstić information content (AvgIpc) is 2.99. The van der Waals surface area contributed by atoms with Gasteiger partial charge in [0.1, 0.15) is 11.7 Å². The Kier molecular flexibility index (Phi) is 4.39. The largest absolute Gasteiger partial charge is 0.433 e. The van der Waals surface area contributed by atoms with Gasteiger partial charge in [0, 0.05) is 29.7 Å². The first-order valence-corrected chi connectivity index (χ1v) is 7.37. The van der Waals surface area contributed by atoms with Crippen LogP contribution in [-0.4, -0.2) is 15.8 Å². The number of hydrogen-bond donors (Lipinski definition) is 0. The zero-order valence-electron chi connectivity index (χ0n) is 12.8. The molecule has 3 heterocycles. The van der Waals surface area contributed by atoms with Crippen molar-refractivity contribution in [1.29, 1.82) is 0 Å². The highest BCUT2D eigenvalue weighted by Crippen LogP contribution is 2.33. The number of hydrogen-bond acceptors (Lipinski definition) is 2. The summed E-state index contributed by atoms with van der Waals surface area (Å²) in [6, 6.07) is 13.7. The van der Waals surface area contributed by atoms with Gasteiger partial charge in [0.15, 0.2) is 0 Å². The van der Waals surface area contributed by atoms with E-state index in [0.29, 0.717) is 5.56 Å². The highest BCUT2D eigenvalue weighted by Gasteiger charge is 2.32. The van der Waals surface area contributed by atoms with E-state index in [1.54, 1.807) is 6.21 Å². The minimum absolute atomic E-state index is 0. The Bertz CT molecular complexity index is 914. The van der Waals surface area contributed by atoms with Gasteiger partial charge in [-0.3, -0.25) is 9.98 Å². The highest BCUT2D eigenvalue weighted by atomic mass is 35.5. The quantitative estimate of drug-likeness (QED) is 0.608. The van der Waals surface area contributed by atoms with Crippen LogP contribution in [0.3, 0.4) is 0 Å². The maximum absolute atomic E-state index is 12.7. The van der Waals surface area contributed by atoms with Crippen molar-refractivity contribution in [2.45, 2.75) is 12.2 Å². The summed E-state index contributed by atoms with van der Waals surface area (Å²) < 4.78 is 40.1. The molecule has 1 atom stereocenters. The highest BCUT2D eigenvalue weighted by molar-refractivity contribution is 5.86. The summed E-state index contributed by atoms with van der Waals surface area (Å²) in [5, 5.41) is 0. The van der Waals surface area contributed by atoms with Crippen molar-refractivity contribution in [2.75, 3.05) is 0 Å². The van der Waals surface area contributed by atoms with Crippen molar-refractivity contribution in [3.8, 4) is 5.69 Å². The molecule has 0 amide bonds. The number of nitrogens with zero attached hydrogens (tertiary/aromatic N) is 3. The van der Waals surface area contributed by atoms with Crippen LogP contribution in [0.2, 0.25) is 0 Å². The fraction of sp³-hybridized carbons (Fsp3) is 0.111. The molecule has 0 spiro atoms. The lowest BCUT2D eigenvalue weighted by Crippen LogP contribution is -2.09. The summed E-state index contributed by atoms with van der Waals surface area (Å²) >= 11 is 0. The first kappa shape index (κ1) is 17.2. The molecule has 1 unspecified atom stereocenters. The predicted octanol–water partition coefficient (Wildman–Crippen LogP) is 4.83. The van der Waals surface area contributed by atoms with Crippen molar-refractivity contribution in [2.24, 2.45) is 4.99 Å². The SMILES string of the molecule is Cl.FC(F)(F)c1ccc(C2N=Cc3ccccc3-n3cccc32)cn1. The van der Waals surface area contributed by atoms with Crippen molar-refractivity contribution in [3.63, 3.8) is 0 Å². The number of aromatic nitrogens is 2. The van der Waals surface area contributed by atoms with Gasteiger partial charge in [-0.15, -0.1) is 12.4 Å². The van der Waals surface area contributed by atoms with E-state index in [1.165, 1.54) is 12.3 Å². The molecule has 0 N–H and O–H groups in total. The first-order valence-electron chi connectivity index (χ1n) is 7.37. The Labute approximate surface area is 148 Å². The predicted molar refractivity (Wildman–Crippen MR) is 91.7 cm³/mol. The zero-order valence-corrected chi connectivity index (χ0v) is 13.6. The molecule has 4 rings (SSSR count). The number of halogens is 4. The van der Waals surface area contributed by atoms with Gasteiger partial charge in [0.25, 0.3) is 0 Å². The third kappa shape index (κ3) is 3.05. The topological polar surface area (TPSA) is 30.2 Å². The average molecular weight is 364 g/mol. The maximum Gasteiger partial charge on any atom is 0.433 e. The summed E-state index contributed by atoms with van der Waals surface area (Å²) in [6.07, 6.45) is 0.484. The van der Waals surface area contributed by atoms with Crippen LogP contribution >= 0.6 is 12.4 Å². The van der Waals surface area contributed by atoms with Crippen molar-refractivity contribution in [3.05, 3.63) is 83.4 Å². The van der Waals surface area contributed by atoms with Gasteiger partial charge in [-0.1, -0.05) is 24.3 Å². The van der Waals surface area contributed by atoms with E-state index in [-0.39, 0.29) is 12.4 Å². The van der Waals surface area contributed by atoms with Gasteiger partial charge >= 0.3 is 6.18 Å². The van der Waals surface area contributed by atoms with Crippen LogP contribution in [0.4, 0.5) is 13.2 Å². The van der Waals surface area contributed by atoms with E-state index in [1.807, 2.05) is 47.2 Å². The number of rotatable bonds is 1. The molecule has 0 radical (unpaired) electrons. The van der Waals surface area contributed by atoms with E-state index >= 15 is 0 Å². The van der Waals surface area contributed by atoms with E-state index in [9.17, 15) is 13.2 Å². The fourth-order valence-corrected chi connectivity index (χ4v) is 2.88. The second-order valence-corrected chi connectivity index (χ2v) is 5.52. The molecule has 0 aliphatic carbocycles. The van der Waals surface area contributed by atoms with Crippen LogP contribution in [0.25, 0.3) is 5.69 Å². The number of fused-ring (bicyclic) bond motifs is 3. The monoisotopic (exact) mass is 363 g/mol. The lowest BCUT2D eigenvalue weighted by atomic mass is 10.1. The molecule has 1 aliphatic rings. The second kappa shape index (κ2) is 6.37. The lowest BCUT2D eigenvalue weighted by molar-refractivity contribution is -0.141. The third-order valence-corrected chi connectivity index (χ3v) is 4.01. The van der Waals surface area contributed by atoms with E-state index in [2.05, 4.69) is 9.98 Å². The Hall–Kier alpha value is -2.60. The van der Waals surface area contributed by atoms with Gasteiger partial charge < -0.3 is 4.57 Å². The van der Waals surface area contributed by atoms with E-state index in [0.717, 1.165) is 23.0 Å². The summed E-state index contributed by atoms with van der Waals surface area (Å²) in [6.45, 7) is 0. The van der Waals surface area contributed by atoms with Gasteiger partial charge in [0.2, 0.25) is 0 Å². The van der Waals surface area contributed by atoms with Crippen LogP contribution in [0.5, 0.6) is 0 Å². The molecule has 1 aromatic carbocycles. The fourth-order valence-electron chi connectivity index (χ4n) is 2.88. The van der Waals surface area contributed by atoms with Gasteiger partial charge in [-0.25, -0.2) is 0 Å². The van der Waals surface area contributed by atoms with Crippen LogP contribution in [0.1, 0.15) is 28.6 Å². The molecule has 0 fully saturated rings. The molecule has 128 valence electrons. The van der Waals surface area contributed by atoms with E-state index in [4.69, 9.17) is 0 Å². The number of pyridine rings is 1. The minimum atomic E-state index is -4.44. The van der Waals surface area contributed by atoms with Gasteiger partial charge in [0.05, 0.1) is 11.4 Å². The number of para-hydroxylation sites is 1. The number of aliphatic imine (C=N–C) groups is 1. The third-order valence-electron chi connectivity index (χ3n) is 4.01. The summed E-state index contributed by atoms with van der Waals surface area (Å²) in [7, 11) is 0. The van der Waals surface area contributed by atoms with Gasteiger partial charge in [-0.05, 0) is 24.3 Å². The lowest BCUT2D eigenvalue weighted by Gasteiger charge is -2.15. The molecule has 3 nitrogen and oxygen atoms in total. The molecule has 1 aliphatic heterocycles. The molecule has 0 saturated carbocycles. The normalized spacial score (nSPS) is 15.7. The standard InChI is InChI=1S/C18H12F3N3.ClH/c19-18(20,21)16-8-7-13(11-22-16)17-15-6-3-9-24(15)14-5-2-1-4-12(14)10-23-17;/h1-11,17H;1H. The molecule has 0 saturated heterocycles. The Balaban J connectivity index is 0.00000182. The van der Waals surface area contributed by atoms with Crippen LogP contribution in [-0.2, 0) is 6.18 Å². The molecule has 25 heavy (non-hydrogen) atoms. The Morgan fingerprint density at radius 1 is 0.960 bits per heavy atom. The maximum atomic E-state index is 12.7. The first-order chi connectivity index (χ1) is 11.5. The minimum Gasteiger partial charge on any atom is -0.318 e. The molecule has 0 bridgehead atoms. The number of benzene rings is 1. The summed E-state index contributed by atoms with van der Waals surface area (Å²) in [5.74, 6) is 0. The zero-order chi connectivity index (χ0) is 16.7. The Morgan fingerprint density at radius 2 is 1.76 bits per heavy atom. The second-order valence-electron chi connectivity index (χ2n) is 5.52. The summed E-state index contributed by atoms with van der Waals surface area (Å²) in [5.41, 5.74) is 2.55. The van der Waals surface area contributed by atoms with E-state index < -0.39 is 17.9 Å².